The molecular weight excluding hydrogens is 284 g/mol. The van der Waals surface area contributed by atoms with Crippen molar-refractivity contribution in [2.75, 3.05) is 0 Å². The average molecular weight is 292 g/mol. The molecule has 0 N–H and O–H groups in total. The van der Waals surface area contributed by atoms with Gasteiger partial charge < -0.3 is 0 Å². The Labute approximate surface area is 123 Å². The monoisotopic (exact) mass is 292 g/mol. The molecule has 2 heterocycles. The van der Waals surface area contributed by atoms with Crippen molar-refractivity contribution in [1.29, 1.82) is 0 Å². The Morgan fingerprint density at radius 1 is 1.00 bits per heavy atom. The number of pyridine rings is 1. The number of aromatic nitrogens is 3. The normalized spacial score (nSPS) is 11.1. The summed E-state index contributed by atoms with van der Waals surface area (Å²) in [5.74, 6) is 0. The molecule has 7 nitrogen and oxygen atoms in total. The van der Waals surface area contributed by atoms with Gasteiger partial charge in [-0.25, -0.2) is 4.63 Å². The highest BCUT2D eigenvalue weighted by molar-refractivity contribution is 6.02. The van der Waals surface area contributed by atoms with Gasteiger partial charge in [-0.15, -0.1) is 0 Å². The van der Waals surface area contributed by atoms with Gasteiger partial charge in [0.2, 0.25) is 0 Å². The quantitative estimate of drug-likeness (QED) is 0.415. The molecule has 4 rings (SSSR count). The lowest BCUT2D eigenvalue weighted by Gasteiger charge is -2.06. The zero-order chi connectivity index (χ0) is 15.1. The second-order valence-electron chi connectivity index (χ2n) is 4.76. The average Bonchev–Trinajstić information content (AvgIpc) is 3.02. The standard InChI is InChI=1S/C15H8N4O3/c20-19(21)10-7-12(15-13(8-10)17-22-18-15)11-5-1-3-9-4-2-6-16-14(9)11/h1-8H. The molecule has 7 heteroatoms. The molecule has 0 unspecified atom stereocenters. The molecule has 0 bridgehead atoms. The summed E-state index contributed by atoms with van der Waals surface area (Å²) >= 11 is 0. The van der Waals surface area contributed by atoms with E-state index in [1.807, 2.05) is 30.3 Å². The summed E-state index contributed by atoms with van der Waals surface area (Å²) in [5.41, 5.74) is 2.83. The second kappa shape index (κ2) is 4.59. The highest BCUT2D eigenvalue weighted by atomic mass is 16.6. The van der Waals surface area contributed by atoms with E-state index in [0.29, 0.717) is 16.6 Å². The molecule has 22 heavy (non-hydrogen) atoms. The Kier molecular flexibility index (Phi) is 2.59. The summed E-state index contributed by atoms with van der Waals surface area (Å²) in [4.78, 5) is 15.0. The SMILES string of the molecule is O=[N+]([O-])c1cc(-c2cccc3cccnc23)c2nonc2c1. The zero-order valence-corrected chi connectivity index (χ0v) is 11.1. The molecule has 0 saturated carbocycles. The van der Waals surface area contributed by atoms with Gasteiger partial charge in [0.15, 0.2) is 0 Å². The van der Waals surface area contributed by atoms with Crippen LogP contribution in [0.2, 0.25) is 0 Å². The Bertz CT molecular complexity index is 1020. The Morgan fingerprint density at radius 2 is 1.86 bits per heavy atom. The second-order valence-corrected chi connectivity index (χ2v) is 4.76. The van der Waals surface area contributed by atoms with Crippen LogP contribution in [0, 0.1) is 10.1 Å². The molecule has 4 aromatic rings. The molecule has 0 radical (unpaired) electrons. The van der Waals surface area contributed by atoms with E-state index < -0.39 is 4.92 Å². The molecule has 2 aromatic heterocycles. The number of nitro groups is 1. The predicted octanol–water partition coefficient (Wildman–Crippen LogP) is 3.35. The van der Waals surface area contributed by atoms with Gasteiger partial charge in [-0.2, -0.15) is 0 Å². The van der Waals surface area contributed by atoms with Crippen molar-refractivity contribution in [1.82, 2.24) is 15.3 Å². The number of nitro benzene ring substituents is 1. The number of fused-ring (bicyclic) bond motifs is 2. The summed E-state index contributed by atoms with van der Waals surface area (Å²) < 4.78 is 4.73. The highest BCUT2D eigenvalue weighted by Gasteiger charge is 2.18. The number of benzene rings is 2. The lowest BCUT2D eigenvalue weighted by molar-refractivity contribution is -0.384. The van der Waals surface area contributed by atoms with E-state index in [9.17, 15) is 10.1 Å². The maximum absolute atomic E-state index is 11.1. The van der Waals surface area contributed by atoms with Crippen LogP contribution < -0.4 is 0 Å². The minimum absolute atomic E-state index is 0.0638. The van der Waals surface area contributed by atoms with E-state index in [4.69, 9.17) is 4.63 Å². The zero-order valence-electron chi connectivity index (χ0n) is 11.1. The van der Waals surface area contributed by atoms with Gasteiger partial charge in [0.1, 0.15) is 11.0 Å². The van der Waals surface area contributed by atoms with Crippen LogP contribution in [-0.4, -0.2) is 20.2 Å². The van der Waals surface area contributed by atoms with Crippen molar-refractivity contribution in [3.63, 3.8) is 0 Å². The van der Waals surface area contributed by atoms with Crippen molar-refractivity contribution in [2.45, 2.75) is 0 Å². The Morgan fingerprint density at radius 3 is 2.73 bits per heavy atom. The van der Waals surface area contributed by atoms with Crippen LogP contribution in [-0.2, 0) is 0 Å². The van der Waals surface area contributed by atoms with Crippen LogP contribution in [0.25, 0.3) is 33.1 Å². The van der Waals surface area contributed by atoms with Crippen LogP contribution in [0.4, 0.5) is 5.69 Å². The van der Waals surface area contributed by atoms with Crippen LogP contribution in [0.5, 0.6) is 0 Å². The van der Waals surface area contributed by atoms with Crippen molar-refractivity contribution in [3.8, 4) is 11.1 Å². The van der Waals surface area contributed by atoms with Gasteiger partial charge in [0.05, 0.1) is 10.4 Å². The summed E-state index contributed by atoms with van der Waals surface area (Å²) in [6, 6.07) is 12.2. The largest absolute Gasteiger partial charge is 0.272 e. The van der Waals surface area contributed by atoms with E-state index in [1.165, 1.54) is 12.1 Å². The summed E-state index contributed by atoms with van der Waals surface area (Å²) in [5, 5.41) is 19.6. The third-order valence-electron chi connectivity index (χ3n) is 3.48. The van der Waals surface area contributed by atoms with Gasteiger partial charge in [-0.1, -0.05) is 24.3 Å². The minimum Gasteiger partial charge on any atom is -0.258 e. The number of rotatable bonds is 2. The predicted molar refractivity (Wildman–Crippen MR) is 79.2 cm³/mol. The molecule has 0 saturated heterocycles. The lowest BCUT2D eigenvalue weighted by Crippen LogP contribution is -1.91. The van der Waals surface area contributed by atoms with Gasteiger partial charge in [0.25, 0.3) is 5.69 Å². The van der Waals surface area contributed by atoms with Gasteiger partial charge >= 0.3 is 0 Å². The number of non-ortho nitro benzene ring substituents is 1. The summed E-state index contributed by atoms with van der Waals surface area (Å²) in [6.07, 6.45) is 1.68. The van der Waals surface area contributed by atoms with Gasteiger partial charge in [-0.05, 0) is 16.4 Å². The molecule has 0 atom stereocenters. The van der Waals surface area contributed by atoms with E-state index in [-0.39, 0.29) is 5.69 Å². The number of hydrogen-bond donors (Lipinski definition) is 0. The van der Waals surface area contributed by atoms with E-state index in [2.05, 4.69) is 15.3 Å². The molecule has 106 valence electrons. The fourth-order valence-corrected chi connectivity index (χ4v) is 2.51. The molecule has 2 aromatic carbocycles. The molecule has 0 aliphatic carbocycles. The van der Waals surface area contributed by atoms with Crippen LogP contribution in [0.15, 0.2) is 53.3 Å². The molecule has 0 aliphatic rings. The first-order chi connectivity index (χ1) is 10.7. The van der Waals surface area contributed by atoms with Crippen LogP contribution >= 0.6 is 0 Å². The fourth-order valence-electron chi connectivity index (χ4n) is 2.51. The first-order valence-corrected chi connectivity index (χ1v) is 6.49. The highest BCUT2D eigenvalue weighted by Crippen LogP contribution is 2.34. The lowest BCUT2D eigenvalue weighted by atomic mass is 10.00. The van der Waals surface area contributed by atoms with Crippen LogP contribution in [0.1, 0.15) is 0 Å². The maximum Gasteiger partial charge on any atom is 0.272 e. The molecular formula is C15H8N4O3. The smallest absolute Gasteiger partial charge is 0.258 e. The van der Waals surface area contributed by atoms with Crippen LogP contribution in [0.3, 0.4) is 0 Å². The van der Waals surface area contributed by atoms with Crippen molar-refractivity contribution >= 4 is 27.6 Å². The minimum atomic E-state index is -0.462. The number of para-hydroxylation sites is 1. The molecule has 0 spiro atoms. The topological polar surface area (TPSA) is 95.0 Å². The summed E-state index contributed by atoms with van der Waals surface area (Å²) in [7, 11) is 0. The van der Waals surface area contributed by atoms with Gasteiger partial charge in [-0.3, -0.25) is 15.1 Å². The van der Waals surface area contributed by atoms with Crippen molar-refractivity contribution in [2.24, 2.45) is 0 Å². The first-order valence-electron chi connectivity index (χ1n) is 6.49. The maximum atomic E-state index is 11.1. The van der Waals surface area contributed by atoms with E-state index >= 15 is 0 Å². The molecule has 0 aliphatic heterocycles. The number of nitrogens with zero attached hydrogens (tertiary/aromatic N) is 4. The molecule has 0 amide bonds. The Balaban J connectivity index is 2.11. The molecule has 0 fully saturated rings. The van der Waals surface area contributed by atoms with E-state index in [0.717, 1.165) is 16.5 Å². The Hall–Kier alpha value is -3.35. The fraction of sp³-hybridized carbons (Fsp3) is 0. The van der Waals surface area contributed by atoms with Crippen molar-refractivity contribution < 1.29 is 9.55 Å². The third-order valence-corrected chi connectivity index (χ3v) is 3.48. The van der Waals surface area contributed by atoms with E-state index in [1.54, 1.807) is 6.20 Å². The summed E-state index contributed by atoms with van der Waals surface area (Å²) in [6.45, 7) is 0. The number of hydrogen-bond acceptors (Lipinski definition) is 6. The van der Waals surface area contributed by atoms with Gasteiger partial charge in [0, 0.05) is 34.8 Å². The first kappa shape index (κ1) is 12.4. The third kappa shape index (κ3) is 1.80. The van der Waals surface area contributed by atoms with Crippen molar-refractivity contribution in [3.05, 3.63) is 58.8 Å².